The van der Waals surface area contributed by atoms with E-state index in [-0.39, 0.29) is 5.56 Å². The molecule has 4 rings (SSSR count). The second kappa shape index (κ2) is 7.79. The van der Waals surface area contributed by atoms with Gasteiger partial charge in [-0.15, -0.1) is 0 Å². The highest BCUT2D eigenvalue weighted by atomic mass is 19.1. The third-order valence-corrected chi connectivity index (χ3v) is 4.95. The minimum atomic E-state index is -0.475. The van der Waals surface area contributed by atoms with Gasteiger partial charge in [-0.1, -0.05) is 41.1 Å². The smallest absolute Gasteiger partial charge is 0.241 e. The van der Waals surface area contributed by atoms with Crippen molar-refractivity contribution in [3.8, 4) is 17.5 Å². The summed E-state index contributed by atoms with van der Waals surface area (Å²) < 4.78 is 19.3. The SMILES string of the molecule is Cc1ccc(-c2noc(CN3CCN(c4cccc(F)c4C#N)CC3)n2)cc1. The molecule has 1 saturated heterocycles. The maximum atomic E-state index is 13.8. The zero-order valence-electron chi connectivity index (χ0n) is 15.6. The van der Waals surface area contributed by atoms with Crippen molar-refractivity contribution in [3.05, 3.63) is 65.3 Å². The molecule has 28 heavy (non-hydrogen) atoms. The summed E-state index contributed by atoms with van der Waals surface area (Å²) >= 11 is 0. The fourth-order valence-corrected chi connectivity index (χ4v) is 3.36. The Hall–Kier alpha value is -3.24. The lowest BCUT2D eigenvalue weighted by atomic mass is 10.1. The fraction of sp³-hybridized carbons (Fsp3) is 0.286. The molecule has 2 heterocycles. The monoisotopic (exact) mass is 377 g/mol. The number of nitrogens with zero attached hydrogens (tertiary/aromatic N) is 5. The Bertz CT molecular complexity index is 1000. The second-order valence-electron chi connectivity index (χ2n) is 6.89. The van der Waals surface area contributed by atoms with Gasteiger partial charge in [0.05, 0.1) is 12.2 Å². The number of anilines is 1. The molecule has 0 saturated carbocycles. The van der Waals surface area contributed by atoms with E-state index in [4.69, 9.17) is 4.52 Å². The van der Waals surface area contributed by atoms with Crippen molar-refractivity contribution in [2.24, 2.45) is 0 Å². The first-order chi connectivity index (χ1) is 13.6. The molecule has 0 radical (unpaired) electrons. The van der Waals surface area contributed by atoms with Crippen LogP contribution in [-0.2, 0) is 6.54 Å². The zero-order valence-corrected chi connectivity index (χ0v) is 15.6. The first kappa shape index (κ1) is 18.1. The lowest BCUT2D eigenvalue weighted by Gasteiger charge is -2.35. The summed E-state index contributed by atoms with van der Waals surface area (Å²) in [4.78, 5) is 8.76. The molecule has 1 aliphatic heterocycles. The molecule has 0 bridgehead atoms. The first-order valence-electron chi connectivity index (χ1n) is 9.19. The molecule has 1 fully saturated rings. The van der Waals surface area contributed by atoms with Crippen LogP contribution in [0.3, 0.4) is 0 Å². The Morgan fingerprint density at radius 2 is 1.86 bits per heavy atom. The molecular formula is C21H20FN5O. The summed E-state index contributed by atoms with van der Waals surface area (Å²) in [6.07, 6.45) is 0. The number of rotatable bonds is 4. The molecule has 0 spiro atoms. The predicted octanol–water partition coefficient (Wildman–Crippen LogP) is 3.38. The standard InChI is InChI=1S/C21H20FN5O/c1-15-5-7-16(8-6-15)21-24-20(28-25-21)14-26-9-11-27(12-10-26)19-4-2-3-18(22)17(19)13-23/h2-8H,9-12,14H2,1H3. The van der Waals surface area contributed by atoms with Crippen molar-refractivity contribution in [1.29, 1.82) is 5.26 Å². The van der Waals surface area contributed by atoms with Crippen LogP contribution in [0, 0.1) is 24.1 Å². The quantitative estimate of drug-likeness (QED) is 0.694. The van der Waals surface area contributed by atoms with Crippen molar-refractivity contribution in [2.75, 3.05) is 31.1 Å². The number of nitriles is 1. The summed E-state index contributed by atoms with van der Waals surface area (Å²) in [5.41, 5.74) is 2.88. The van der Waals surface area contributed by atoms with Gasteiger partial charge in [0.15, 0.2) is 0 Å². The van der Waals surface area contributed by atoms with Crippen LogP contribution in [0.5, 0.6) is 0 Å². The van der Waals surface area contributed by atoms with Crippen molar-refractivity contribution in [2.45, 2.75) is 13.5 Å². The van der Waals surface area contributed by atoms with Crippen LogP contribution in [0.2, 0.25) is 0 Å². The zero-order chi connectivity index (χ0) is 19.5. The van der Waals surface area contributed by atoms with Crippen LogP contribution >= 0.6 is 0 Å². The van der Waals surface area contributed by atoms with Crippen LogP contribution in [0.1, 0.15) is 17.0 Å². The first-order valence-corrected chi connectivity index (χ1v) is 9.19. The summed E-state index contributed by atoms with van der Waals surface area (Å²) in [5, 5.41) is 13.3. The molecule has 142 valence electrons. The summed E-state index contributed by atoms with van der Waals surface area (Å²) in [6.45, 7) is 5.55. The molecule has 0 unspecified atom stereocenters. The van der Waals surface area contributed by atoms with E-state index in [1.165, 1.54) is 11.6 Å². The number of hydrogen-bond donors (Lipinski definition) is 0. The van der Waals surface area contributed by atoms with Gasteiger partial charge in [-0.2, -0.15) is 10.2 Å². The number of piperazine rings is 1. The van der Waals surface area contributed by atoms with E-state index in [2.05, 4.69) is 15.0 Å². The second-order valence-corrected chi connectivity index (χ2v) is 6.89. The van der Waals surface area contributed by atoms with Gasteiger partial charge in [-0.25, -0.2) is 4.39 Å². The summed E-state index contributed by atoms with van der Waals surface area (Å²) in [6, 6.07) is 14.7. The van der Waals surface area contributed by atoms with E-state index in [9.17, 15) is 9.65 Å². The maximum Gasteiger partial charge on any atom is 0.241 e. The van der Waals surface area contributed by atoms with Crippen LogP contribution in [-0.4, -0.2) is 41.2 Å². The molecule has 0 atom stereocenters. The van der Waals surface area contributed by atoms with Crippen LogP contribution in [0.15, 0.2) is 47.0 Å². The van der Waals surface area contributed by atoms with E-state index < -0.39 is 5.82 Å². The van der Waals surface area contributed by atoms with Gasteiger partial charge >= 0.3 is 0 Å². The highest BCUT2D eigenvalue weighted by Gasteiger charge is 2.22. The Morgan fingerprint density at radius 1 is 1.11 bits per heavy atom. The Balaban J connectivity index is 1.38. The number of hydrogen-bond acceptors (Lipinski definition) is 6. The lowest BCUT2D eigenvalue weighted by Crippen LogP contribution is -2.46. The highest BCUT2D eigenvalue weighted by molar-refractivity contribution is 5.60. The number of aromatic nitrogens is 2. The molecule has 7 heteroatoms. The summed E-state index contributed by atoms with van der Waals surface area (Å²) in [5.74, 6) is 0.691. The van der Waals surface area contributed by atoms with Crippen molar-refractivity contribution >= 4 is 5.69 Å². The molecule has 1 aliphatic rings. The topological polar surface area (TPSA) is 69.2 Å². The third kappa shape index (κ3) is 3.73. The van der Waals surface area contributed by atoms with E-state index in [1.807, 2.05) is 42.2 Å². The van der Waals surface area contributed by atoms with Crippen molar-refractivity contribution in [1.82, 2.24) is 15.0 Å². The highest BCUT2D eigenvalue weighted by Crippen LogP contribution is 2.24. The minimum Gasteiger partial charge on any atom is -0.368 e. The van der Waals surface area contributed by atoms with Crippen molar-refractivity contribution in [3.63, 3.8) is 0 Å². The van der Waals surface area contributed by atoms with E-state index in [0.29, 0.717) is 37.0 Å². The van der Waals surface area contributed by atoms with Crippen LogP contribution in [0.25, 0.3) is 11.4 Å². The number of benzene rings is 2. The van der Waals surface area contributed by atoms with Crippen LogP contribution < -0.4 is 4.90 Å². The molecule has 0 N–H and O–H groups in total. The normalized spacial score (nSPS) is 14.8. The van der Waals surface area contributed by atoms with Gasteiger partial charge in [0.1, 0.15) is 17.4 Å². The van der Waals surface area contributed by atoms with E-state index >= 15 is 0 Å². The van der Waals surface area contributed by atoms with Gasteiger partial charge in [0.2, 0.25) is 11.7 Å². The van der Waals surface area contributed by atoms with Gasteiger partial charge in [0.25, 0.3) is 0 Å². The number of halogens is 1. The maximum absolute atomic E-state index is 13.8. The Morgan fingerprint density at radius 3 is 2.57 bits per heavy atom. The molecule has 6 nitrogen and oxygen atoms in total. The molecule has 1 aromatic heterocycles. The van der Waals surface area contributed by atoms with Gasteiger partial charge in [0, 0.05) is 31.7 Å². The largest absolute Gasteiger partial charge is 0.368 e. The summed E-state index contributed by atoms with van der Waals surface area (Å²) in [7, 11) is 0. The molecule has 0 aliphatic carbocycles. The van der Waals surface area contributed by atoms with Gasteiger partial charge in [-0.3, -0.25) is 4.90 Å². The molecular weight excluding hydrogens is 357 g/mol. The molecule has 3 aromatic rings. The minimum absolute atomic E-state index is 0.107. The average Bonchev–Trinajstić information content (AvgIpc) is 3.17. The molecule has 2 aromatic carbocycles. The van der Waals surface area contributed by atoms with Gasteiger partial charge in [-0.05, 0) is 19.1 Å². The van der Waals surface area contributed by atoms with Crippen molar-refractivity contribution < 1.29 is 8.91 Å². The third-order valence-electron chi connectivity index (χ3n) is 4.95. The fourth-order valence-electron chi connectivity index (χ4n) is 3.36. The number of aryl methyl sites for hydroxylation is 1. The Kier molecular flexibility index (Phi) is 5.04. The van der Waals surface area contributed by atoms with Gasteiger partial charge < -0.3 is 9.42 Å². The molecule has 0 amide bonds. The van der Waals surface area contributed by atoms with E-state index in [1.54, 1.807) is 12.1 Å². The average molecular weight is 377 g/mol. The lowest BCUT2D eigenvalue weighted by molar-refractivity contribution is 0.215. The predicted molar refractivity (Wildman–Crippen MR) is 103 cm³/mol. The van der Waals surface area contributed by atoms with E-state index in [0.717, 1.165) is 18.7 Å². The van der Waals surface area contributed by atoms with Crippen LogP contribution in [0.4, 0.5) is 10.1 Å². The Labute approximate surface area is 162 Å².